The monoisotopic (exact) mass is 264 g/mol. The minimum Gasteiger partial charge on any atom is -0.462 e. The molecule has 1 atom stereocenters. The summed E-state index contributed by atoms with van der Waals surface area (Å²) >= 11 is 0. The summed E-state index contributed by atoms with van der Waals surface area (Å²) in [7, 11) is 0. The van der Waals surface area contributed by atoms with Crippen LogP contribution in [0.5, 0.6) is 0 Å². The number of hydrogen-bond donors (Lipinski definition) is 0. The average Bonchev–Trinajstić information content (AvgIpc) is 2.25. The highest BCUT2D eigenvalue weighted by molar-refractivity contribution is 5.77. The molecule has 4 aliphatic rings. The lowest BCUT2D eigenvalue weighted by Gasteiger charge is -2.55. The van der Waals surface area contributed by atoms with E-state index in [1.165, 1.54) is 19.3 Å². The lowest BCUT2D eigenvalue weighted by Crippen LogP contribution is -2.51. The Kier molecular flexibility index (Phi) is 3.00. The number of esters is 1. The Morgan fingerprint density at radius 2 is 1.47 bits per heavy atom. The highest BCUT2D eigenvalue weighted by atomic mass is 16.5. The minimum atomic E-state index is -0.103. The zero-order chi connectivity index (χ0) is 13.8. The number of ether oxygens (including phenoxy) is 1. The van der Waals surface area contributed by atoms with Gasteiger partial charge in [0.15, 0.2) is 0 Å². The van der Waals surface area contributed by atoms with Crippen LogP contribution in [0.2, 0.25) is 0 Å². The lowest BCUT2D eigenvalue weighted by molar-refractivity contribution is -0.181. The Morgan fingerprint density at radius 3 is 1.84 bits per heavy atom. The van der Waals surface area contributed by atoms with Crippen molar-refractivity contribution in [3.8, 4) is 0 Å². The topological polar surface area (TPSA) is 26.3 Å². The van der Waals surface area contributed by atoms with Gasteiger partial charge in [-0.25, -0.2) is 0 Å². The van der Waals surface area contributed by atoms with Gasteiger partial charge in [-0.1, -0.05) is 20.8 Å². The SMILES string of the molecule is C[C@@H](OC(=O)C12CC3CC(CC(C3)C1)C2)C(C)(C)C. The van der Waals surface area contributed by atoms with Crippen LogP contribution in [0.15, 0.2) is 0 Å². The van der Waals surface area contributed by atoms with Gasteiger partial charge in [0, 0.05) is 0 Å². The summed E-state index contributed by atoms with van der Waals surface area (Å²) in [4.78, 5) is 12.7. The van der Waals surface area contributed by atoms with Gasteiger partial charge in [0.1, 0.15) is 6.10 Å². The summed E-state index contributed by atoms with van der Waals surface area (Å²) < 4.78 is 5.86. The van der Waals surface area contributed by atoms with E-state index in [2.05, 4.69) is 20.8 Å². The van der Waals surface area contributed by atoms with E-state index < -0.39 is 0 Å². The van der Waals surface area contributed by atoms with Gasteiger partial charge < -0.3 is 4.74 Å². The quantitative estimate of drug-likeness (QED) is 0.699. The molecule has 2 heteroatoms. The molecule has 4 rings (SSSR count). The molecule has 0 spiro atoms. The first-order valence-electron chi connectivity index (χ1n) is 7.99. The van der Waals surface area contributed by atoms with Gasteiger partial charge in [-0.05, 0) is 68.6 Å². The van der Waals surface area contributed by atoms with Crippen molar-refractivity contribution >= 4 is 5.97 Å². The van der Waals surface area contributed by atoms with E-state index >= 15 is 0 Å². The molecule has 2 nitrogen and oxygen atoms in total. The lowest BCUT2D eigenvalue weighted by atomic mass is 9.49. The van der Waals surface area contributed by atoms with E-state index in [1.54, 1.807) is 0 Å². The Bertz CT molecular complexity index is 342. The molecule has 4 bridgehead atoms. The maximum absolute atomic E-state index is 12.7. The molecule has 0 aromatic rings. The van der Waals surface area contributed by atoms with Crippen LogP contribution in [-0.2, 0) is 9.53 Å². The van der Waals surface area contributed by atoms with Crippen molar-refractivity contribution in [2.24, 2.45) is 28.6 Å². The van der Waals surface area contributed by atoms with Crippen LogP contribution in [0.4, 0.5) is 0 Å². The third kappa shape index (κ3) is 2.32. The van der Waals surface area contributed by atoms with Crippen molar-refractivity contribution in [1.29, 1.82) is 0 Å². The molecular weight excluding hydrogens is 236 g/mol. The third-order valence-corrected chi connectivity index (χ3v) is 5.97. The predicted octanol–water partition coefficient (Wildman–Crippen LogP) is 4.18. The number of carbonyl (C=O) groups excluding carboxylic acids is 1. The first-order valence-corrected chi connectivity index (χ1v) is 7.99. The number of carbonyl (C=O) groups is 1. The normalized spacial score (nSPS) is 42.2. The Labute approximate surface area is 117 Å². The average molecular weight is 264 g/mol. The van der Waals surface area contributed by atoms with Crippen molar-refractivity contribution in [3.63, 3.8) is 0 Å². The predicted molar refractivity (Wildman–Crippen MR) is 75.6 cm³/mol. The van der Waals surface area contributed by atoms with E-state index in [-0.39, 0.29) is 22.9 Å². The van der Waals surface area contributed by atoms with Crippen LogP contribution in [0.3, 0.4) is 0 Å². The smallest absolute Gasteiger partial charge is 0.312 e. The zero-order valence-corrected chi connectivity index (χ0v) is 12.9. The molecule has 4 fully saturated rings. The van der Waals surface area contributed by atoms with Crippen LogP contribution in [0.25, 0.3) is 0 Å². The van der Waals surface area contributed by atoms with E-state index in [4.69, 9.17) is 4.74 Å². The highest BCUT2D eigenvalue weighted by Gasteiger charge is 2.55. The molecule has 0 amide bonds. The van der Waals surface area contributed by atoms with Gasteiger partial charge in [0.25, 0.3) is 0 Å². The van der Waals surface area contributed by atoms with Crippen molar-refractivity contribution < 1.29 is 9.53 Å². The number of rotatable bonds is 2. The standard InChI is InChI=1S/C17H28O2/c1-11(16(2,3)4)19-15(18)17-8-12-5-13(9-17)7-14(6-12)10-17/h11-14H,5-10H2,1-4H3/t11-,12?,13?,14?,17?/m1/s1. The maximum Gasteiger partial charge on any atom is 0.312 e. The summed E-state index contributed by atoms with van der Waals surface area (Å²) in [5.41, 5.74) is -0.0633. The van der Waals surface area contributed by atoms with Crippen LogP contribution in [0, 0.1) is 28.6 Å². The zero-order valence-electron chi connectivity index (χ0n) is 12.9. The summed E-state index contributed by atoms with van der Waals surface area (Å²) in [6.07, 6.45) is 7.45. The molecule has 0 N–H and O–H groups in total. The molecule has 0 radical (unpaired) electrons. The van der Waals surface area contributed by atoms with Gasteiger partial charge in [0.05, 0.1) is 5.41 Å². The van der Waals surface area contributed by atoms with Crippen molar-refractivity contribution in [3.05, 3.63) is 0 Å². The molecular formula is C17H28O2. The molecule has 0 saturated heterocycles. The first kappa shape index (κ1) is 13.5. The largest absolute Gasteiger partial charge is 0.462 e. The molecule has 0 aromatic carbocycles. The molecule has 19 heavy (non-hydrogen) atoms. The second-order valence-corrected chi connectivity index (χ2v) is 8.61. The van der Waals surface area contributed by atoms with Crippen molar-refractivity contribution in [1.82, 2.24) is 0 Å². The van der Waals surface area contributed by atoms with Gasteiger partial charge in [-0.15, -0.1) is 0 Å². The van der Waals surface area contributed by atoms with E-state index in [9.17, 15) is 4.79 Å². The molecule has 0 aliphatic heterocycles. The summed E-state index contributed by atoms with van der Waals surface area (Å²) in [6.45, 7) is 8.47. The molecule has 0 aromatic heterocycles. The minimum absolute atomic E-state index is 0.00741. The Hall–Kier alpha value is -0.530. The van der Waals surface area contributed by atoms with Crippen LogP contribution in [-0.4, -0.2) is 12.1 Å². The number of hydrogen-bond acceptors (Lipinski definition) is 2. The fourth-order valence-electron chi connectivity index (χ4n) is 4.82. The molecule has 4 aliphatic carbocycles. The fourth-order valence-corrected chi connectivity index (χ4v) is 4.82. The van der Waals surface area contributed by atoms with Gasteiger partial charge in [0.2, 0.25) is 0 Å². The summed E-state index contributed by atoms with van der Waals surface area (Å²) in [5, 5.41) is 0. The van der Waals surface area contributed by atoms with E-state index in [0.29, 0.717) is 0 Å². The van der Waals surface area contributed by atoms with Crippen molar-refractivity contribution in [2.75, 3.05) is 0 Å². The van der Waals surface area contributed by atoms with Crippen molar-refractivity contribution in [2.45, 2.75) is 72.3 Å². The van der Waals surface area contributed by atoms with E-state index in [1.807, 2.05) is 6.92 Å². The van der Waals surface area contributed by atoms with Gasteiger partial charge >= 0.3 is 5.97 Å². The Balaban J connectivity index is 1.73. The maximum atomic E-state index is 12.7. The van der Waals surface area contributed by atoms with Gasteiger partial charge in [-0.2, -0.15) is 0 Å². The molecule has 0 heterocycles. The molecule has 4 saturated carbocycles. The second kappa shape index (κ2) is 4.23. The molecule has 108 valence electrons. The third-order valence-electron chi connectivity index (χ3n) is 5.97. The first-order chi connectivity index (χ1) is 8.78. The Morgan fingerprint density at radius 1 is 1.05 bits per heavy atom. The molecule has 0 unspecified atom stereocenters. The fraction of sp³-hybridized carbons (Fsp3) is 0.941. The van der Waals surface area contributed by atoms with Gasteiger partial charge in [-0.3, -0.25) is 4.79 Å². The summed E-state index contributed by atoms with van der Waals surface area (Å²) in [6, 6.07) is 0. The highest BCUT2D eigenvalue weighted by Crippen LogP contribution is 2.60. The van der Waals surface area contributed by atoms with Crippen LogP contribution in [0.1, 0.15) is 66.2 Å². The second-order valence-electron chi connectivity index (χ2n) is 8.61. The van der Waals surface area contributed by atoms with E-state index in [0.717, 1.165) is 37.0 Å². The summed E-state index contributed by atoms with van der Waals surface area (Å²) in [5.74, 6) is 2.55. The van der Waals surface area contributed by atoms with Crippen LogP contribution >= 0.6 is 0 Å². The van der Waals surface area contributed by atoms with Crippen LogP contribution < -0.4 is 0 Å².